The van der Waals surface area contributed by atoms with Crippen LogP contribution in [0.5, 0.6) is 0 Å². The Morgan fingerprint density at radius 2 is 1.59 bits per heavy atom. The second-order valence-corrected chi connectivity index (χ2v) is 5.80. The SMILES string of the molecule is N#CC(C#N)C(CC(=O)c1ccc(Br)cc1)c1ccccc1. The third-order valence-electron chi connectivity index (χ3n) is 3.48. The predicted molar refractivity (Wildman–Crippen MR) is 87.0 cm³/mol. The highest BCUT2D eigenvalue weighted by Gasteiger charge is 2.26. The zero-order valence-corrected chi connectivity index (χ0v) is 13.3. The van der Waals surface area contributed by atoms with Gasteiger partial charge in [-0.15, -0.1) is 0 Å². The van der Waals surface area contributed by atoms with Crippen LogP contribution in [-0.4, -0.2) is 5.78 Å². The van der Waals surface area contributed by atoms with E-state index in [2.05, 4.69) is 15.9 Å². The molecular weight excluding hydrogens is 340 g/mol. The van der Waals surface area contributed by atoms with Gasteiger partial charge in [-0.05, 0) is 17.7 Å². The molecule has 0 aromatic heterocycles. The van der Waals surface area contributed by atoms with Gasteiger partial charge in [-0.3, -0.25) is 4.79 Å². The molecule has 0 saturated heterocycles. The zero-order valence-electron chi connectivity index (χ0n) is 11.7. The van der Waals surface area contributed by atoms with Crippen LogP contribution in [-0.2, 0) is 0 Å². The first-order valence-electron chi connectivity index (χ1n) is 6.78. The Kier molecular flexibility index (Phi) is 5.47. The van der Waals surface area contributed by atoms with Crippen LogP contribution in [0.25, 0.3) is 0 Å². The van der Waals surface area contributed by atoms with Gasteiger partial charge in [0, 0.05) is 22.4 Å². The molecule has 0 aliphatic carbocycles. The number of hydrogen-bond acceptors (Lipinski definition) is 3. The zero-order chi connectivity index (χ0) is 15.9. The Morgan fingerprint density at radius 1 is 1.00 bits per heavy atom. The number of carbonyl (C=O) groups excluding carboxylic acids is 1. The largest absolute Gasteiger partial charge is 0.294 e. The molecule has 0 aliphatic heterocycles. The molecule has 1 atom stereocenters. The maximum absolute atomic E-state index is 12.4. The minimum Gasteiger partial charge on any atom is -0.294 e. The molecule has 0 saturated carbocycles. The van der Waals surface area contributed by atoms with E-state index in [1.54, 1.807) is 24.3 Å². The Hall–Kier alpha value is -2.43. The fourth-order valence-corrected chi connectivity index (χ4v) is 2.55. The van der Waals surface area contributed by atoms with Gasteiger partial charge in [0.05, 0.1) is 12.1 Å². The molecule has 2 aromatic carbocycles. The number of Topliss-reactive ketones (excluding diaryl/α,β-unsaturated/α-hetero) is 1. The predicted octanol–water partition coefficient (Wildman–Crippen LogP) is 4.47. The molecular formula is C18H13BrN2O. The summed E-state index contributed by atoms with van der Waals surface area (Å²) in [4.78, 5) is 12.4. The average molecular weight is 353 g/mol. The summed E-state index contributed by atoms with van der Waals surface area (Å²) >= 11 is 3.33. The van der Waals surface area contributed by atoms with E-state index in [1.807, 2.05) is 42.5 Å². The van der Waals surface area contributed by atoms with Crippen molar-refractivity contribution >= 4 is 21.7 Å². The quantitative estimate of drug-likeness (QED) is 0.745. The van der Waals surface area contributed by atoms with Gasteiger partial charge in [-0.2, -0.15) is 10.5 Å². The van der Waals surface area contributed by atoms with E-state index in [4.69, 9.17) is 0 Å². The molecule has 0 N–H and O–H groups in total. The van der Waals surface area contributed by atoms with Gasteiger partial charge in [0.2, 0.25) is 0 Å². The van der Waals surface area contributed by atoms with E-state index < -0.39 is 11.8 Å². The number of hydrogen-bond donors (Lipinski definition) is 0. The first-order chi connectivity index (χ1) is 10.7. The summed E-state index contributed by atoms with van der Waals surface area (Å²) in [6, 6.07) is 20.3. The summed E-state index contributed by atoms with van der Waals surface area (Å²) < 4.78 is 0.899. The standard InChI is InChI=1S/C18H13BrN2O/c19-16-8-6-14(7-9-16)18(22)10-17(15(11-20)12-21)13-4-2-1-3-5-13/h1-9,15,17H,10H2. The molecule has 0 spiro atoms. The van der Waals surface area contributed by atoms with E-state index in [0.717, 1.165) is 10.0 Å². The number of nitrogens with zero attached hydrogens (tertiary/aromatic N) is 2. The van der Waals surface area contributed by atoms with Crippen LogP contribution in [0.2, 0.25) is 0 Å². The second kappa shape index (κ2) is 7.54. The first kappa shape index (κ1) is 15.9. The van der Waals surface area contributed by atoms with Crippen molar-refractivity contribution in [2.24, 2.45) is 5.92 Å². The Morgan fingerprint density at radius 3 is 2.14 bits per heavy atom. The van der Waals surface area contributed by atoms with Crippen LogP contribution < -0.4 is 0 Å². The van der Waals surface area contributed by atoms with Gasteiger partial charge in [-0.1, -0.05) is 58.4 Å². The average Bonchev–Trinajstić information content (AvgIpc) is 2.56. The van der Waals surface area contributed by atoms with Gasteiger partial charge in [0.25, 0.3) is 0 Å². The summed E-state index contributed by atoms with van der Waals surface area (Å²) in [5.74, 6) is -1.34. The summed E-state index contributed by atoms with van der Waals surface area (Å²) in [6.07, 6.45) is 0.136. The van der Waals surface area contributed by atoms with Crippen molar-refractivity contribution in [2.45, 2.75) is 12.3 Å². The molecule has 108 valence electrons. The molecule has 0 bridgehead atoms. The molecule has 0 aliphatic rings. The molecule has 0 amide bonds. The van der Waals surface area contributed by atoms with Crippen molar-refractivity contribution in [1.29, 1.82) is 10.5 Å². The highest BCUT2D eigenvalue weighted by Crippen LogP contribution is 2.29. The second-order valence-electron chi connectivity index (χ2n) is 4.89. The van der Waals surface area contributed by atoms with Gasteiger partial charge in [-0.25, -0.2) is 0 Å². The summed E-state index contributed by atoms with van der Waals surface area (Å²) in [7, 11) is 0. The van der Waals surface area contributed by atoms with Crippen molar-refractivity contribution in [2.75, 3.05) is 0 Å². The number of halogens is 1. The summed E-state index contributed by atoms with van der Waals surface area (Å²) in [5.41, 5.74) is 1.42. The van der Waals surface area contributed by atoms with Gasteiger partial charge < -0.3 is 0 Å². The molecule has 0 radical (unpaired) electrons. The molecule has 2 rings (SSSR count). The Bertz CT molecular complexity index is 712. The lowest BCUT2D eigenvalue weighted by atomic mass is 9.83. The number of ketones is 1. The van der Waals surface area contributed by atoms with E-state index in [0.29, 0.717) is 5.56 Å². The molecule has 3 nitrogen and oxygen atoms in total. The smallest absolute Gasteiger partial charge is 0.163 e. The van der Waals surface area contributed by atoms with Crippen LogP contribution in [0.1, 0.15) is 28.3 Å². The lowest BCUT2D eigenvalue weighted by molar-refractivity contribution is 0.0971. The number of benzene rings is 2. The summed E-state index contributed by atoms with van der Waals surface area (Å²) in [5, 5.41) is 18.4. The van der Waals surface area contributed by atoms with Crippen LogP contribution in [0.4, 0.5) is 0 Å². The fourth-order valence-electron chi connectivity index (χ4n) is 2.29. The molecule has 1 unspecified atom stereocenters. The van der Waals surface area contributed by atoms with Gasteiger partial charge in [0.15, 0.2) is 5.78 Å². The lowest BCUT2D eigenvalue weighted by Crippen LogP contribution is -2.15. The van der Waals surface area contributed by atoms with E-state index in [-0.39, 0.29) is 12.2 Å². The lowest BCUT2D eigenvalue weighted by Gasteiger charge is -2.17. The van der Waals surface area contributed by atoms with Gasteiger partial charge in [0.1, 0.15) is 5.92 Å². The molecule has 4 heteroatoms. The fraction of sp³-hybridized carbons (Fsp3) is 0.167. The van der Waals surface area contributed by atoms with Crippen LogP contribution in [0.15, 0.2) is 59.1 Å². The molecule has 0 heterocycles. The number of rotatable bonds is 5. The monoisotopic (exact) mass is 352 g/mol. The first-order valence-corrected chi connectivity index (χ1v) is 7.58. The Labute approximate surface area is 137 Å². The minimum atomic E-state index is -0.846. The maximum Gasteiger partial charge on any atom is 0.163 e. The van der Waals surface area contributed by atoms with Crippen LogP contribution >= 0.6 is 15.9 Å². The molecule has 2 aromatic rings. The van der Waals surface area contributed by atoms with Crippen LogP contribution in [0.3, 0.4) is 0 Å². The van der Waals surface area contributed by atoms with E-state index in [1.165, 1.54) is 0 Å². The maximum atomic E-state index is 12.4. The van der Waals surface area contributed by atoms with Crippen molar-refractivity contribution in [3.05, 3.63) is 70.2 Å². The molecule has 22 heavy (non-hydrogen) atoms. The summed E-state index contributed by atoms with van der Waals surface area (Å²) in [6.45, 7) is 0. The van der Waals surface area contributed by atoms with Gasteiger partial charge >= 0.3 is 0 Å². The topological polar surface area (TPSA) is 64.7 Å². The van der Waals surface area contributed by atoms with Crippen molar-refractivity contribution in [3.63, 3.8) is 0 Å². The normalized spacial score (nSPS) is 11.5. The van der Waals surface area contributed by atoms with Crippen molar-refractivity contribution in [3.8, 4) is 12.1 Å². The highest BCUT2D eigenvalue weighted by atomic mass is 79.9. The van der Waals surface area contributed by atoms with E-state index in [9.17, 15) is 15.3 Å². The minimum absolute atomic E-state index is 0.0724. The Balaban J connectivity index is 2.27. The number of carbonyl (C=O) groups is 1. The van der Waals surface area contributed by atoms with Crippen molar-refractivity contribution < 1.29 is 4.79 Å². The third-order valence-corrected chi connectivity index (χ3v) is 4.01. The van der Waals surface area contributed by atoms with Crippen LogP contribution in [0, 0.1) is 28.6 Å². The van der Waals surface area contributed by atoms with Crippen molar-refractivity contribution in [1.82, 2.24) is 0 Å². The molecule has 0 fully saturated rings. The number of nitriles is 2. The van der Waals surface area contributed by atoms with E-state index >= 15 is 0 Å². The third kappa shape index (κ3) is 3.81. The highest BCUT2D eigenvalue weighted by molar-refractivity contribution is 9.10.